The Balaban J connectivity index is 1.65. The standard InChI is InChI=1S/C15H25N3O/c1-2-4-8-12(9-5-3-1)14-17-15(19-18-14)13-10-6-7-11-16-13/h12-13,16H,1-11H2/t13-/m1/s1. The van der Waals surface area contributed by atoms with Gasteiger partial charge in [0.25, 0.3) is 0 Å². The predicted molar refractivity (Wildman–Crippen MR) is 74.0 cm³/mol. The molecule has 1 saturated heterocycles. The fourth-order valence-electron chi connectivity index (χ4n) is 3.33. The molecular weight excluding hydrogens is 238 g/mol. The van der Waals surface area contributed by atoms with Crippen molar-refractivity contribution in [3.8, 4) is 0 Å². The third kappa shape index (κ3) is 3.35. The topological polar surface area (TPSA) is 51.0 Å². The van der Waals surface area contributed by atoms with Gasteiger partial charge in [0.2, 0.25) is 5.89 Å². The molecule has 1 aliphatic heterocycles. The summed E-state index contributed by atoms with van der Waals surface area (Å²) in [5.74, 6) is 2.31. The second kappa shape index (κ2) is 6.51. The van der Waals surface area contributed by atoms with Crippen LogP contribution in [0.3, 0.4) is 0 Å². The summed E-state index contributed by atoms with van der Waals surface area (Å²) in [5, 5.41) is 7.74. The molecule has 0 unspecified atom stereocenters. The van der Waals surface area contributed by atoms with Crippen molar-refractivity contribution in [2.45, 2.75) is 76.2 Å². The Labute approximate surface area is 115 Å². The number of nitrogens with one attached hydrogen (secondary N) is 1. The zero-order valence-corrected chi connectivity index (χ0v) is 11.7. The molecule has 1 atom stereocenters. The van der Waals surface area contributed by atoms with Crippen molar-refractivity contribution in [3.63, 3.8) is 0 Å². The van der Waals surface area contributed by atoms with Crippen molar-refractivity contribution in [1.82, 2.24) is 15.5 Å². The molecule has 1 aromatic rings. The van der Waals surface area contributed by atoms with Crippen LogP contribution in [-0.2, 0) is 0 Å². The lowest BCUT2D eigenvalue weighted by Gasteiger charge is -2.19. The van der Waals surface area contributed by atoms with Gasteiger partial charge in [-0.3, -0.25) is 0 Å². The number of hydrogen-bond acceptors (Lipinski definition) is 4. The van der Waals surface area contributed by atoms with Gasteiger partial charge in [0.1, 0.15) is 0 Å². The van der Waals surface area contributed by atoms with E-state index in [2.05, 4.69) is 15.5 Å². The van der Waals surface area contributed by atoms with E-state index in [1.165, 1.54) is 57.8 Å². The zero-order chi connectivity index (χ0) is 12.9. The largest absolute Gasteiger partial charge is 0.338 e. The van der Waals surface area contributed by atoms with Crippen LogP contribution in [-0.4, -0.2) is 16.7 Å². The first-order valence-electron chi connectivity index (χ1n) is 8.00. The van der Waals surface area contributed by atoms with E-state index in [0.717, 1.165) is 24.7 Å². The summed E-state index contributed by atoms with van der Waals surface area (Å²) in [6, 6.07) is 0.295. The summed E-state index contributed by atoms with van der Waals surface area (Å²) < 4.78 is 5.51. The molecule has 0 amide bonds. The van der Waals surface area contributed by atoms with Gasteiger partial charge in [-0.2, -0.15) is 4.98 Å². The summed E-state index contributed by atoms with van der Waals surface area (Å²) in [7, 11) is 0. The van der Waals surface area contributed by atoms with Gasteiger partial charge >= 0.3 is 0 Å². The maximum atomic E-state index is 5.51. The Hall–Kier alpha value is -0.900. The first-order chi connectivity index (χ1) is 9.43. The van der Waals surface area contributed by atoms with Crippen LogP contribution in [0.2, 0.25) is 0 Å². The first kappa shape index (κ1) is 13.1. The molecule has 4 heteroatoms. The number of nitrogens with zero attached hydrogens (tertiary/aromatic N) is 2. The number of rotatable bonds is 2. The summed E-state index contributed by atoms with van der Waals surface area (Å²) in [5.41, 5.74) is 0. The Bertz CT molecular complexity index is 376. The van der Waals surface area contributed by atoms with Crippen LogP contribution in [0, 0.1) is 0 Å². The molecule has 106 valence electrons. The molecule has 4 nitrogen and oxygen atoms in total. The minimum atomic E-state index is 0.295. The molecule has 0 aromatic carbocycles. The summed E-state index contributed by atoms with van der Waals surface area (Å²) in [4.78, 5) is 4.69. The molecule has 19 heavy (non-hydrogen) atoms. The molecule has 2 fully saturated rings. The van der Waals surface area contributed by atoms with Gasteiger partial charge in [-0.15, -0.1) is 0 Å². The Morgan fingerprint density at radius 1 is 0.895 bits per heavy atom. The predicted octanol–water partition coefficient (Wildman–Crippen LogP) is 3.71. The molecule has 0 bridgehead atoms. The average Bonchev–Trinajstić information content (AvgIpc) is 2.89. The third-order valence-electron chi connectivity index (χ3n) is 4.54. The molecule has 2 aliphatic rings. The Morgan fingerprint density at radius 2 is 1.63 bits per heavy atom. The highest BCUT2D eigenvalue weighted by Crippen LogP contribution is 2.30. The SMILES string of the molecule is C1CCCC(c2noc([C@H]3CCCCN3)n2)CCC1. The van der Waals surface area contributed by atoms with Gasteiger partial charge in [-0.05, 0) is 32.2 Å². The maximum absolute atomic E-state index is 5.51. The van der Waals surface area contributed by atoms with E-state index < -0.39 is 0 Å². The summed E-state index contributed by atoms with van der Waals surface area (Å²) in [6.45, 7) is 1.08. The van der Waals surface area contributed by atoms with E-state index in [1.54, 1.807) is 0 Å². The average molecular weight is 263 g/mol. The zero-order valence-electron chi connectivity index (χ0n) is 11.7. The number of hydrogen-bond donors (Lipinski definition) is 1. The van der Waals surface area contributed by atoms with E-state index >= 15 is 0 Å². The normalized spacial score (nSPS) is 26.8. The van der Waals surface area contributed by atoms with Gasteiger partial charge in [0.05, 0.1) is 6.04 Å². The van der Waals surface area contributed by atoms with Gasteiger partial charge in [-0.25, -0.2) is 0 Å². The monoisotopic (exact) mass is 263 g/mol. The van der Waals surface area contributed by atoms with E-state index in [1.807, 2.05) is 0 Å². The number of piperidine rings is 1. The van der Waals surface area contributed by atoms with Gasteiger partial charge in [-0.1, -0.05) is 43.7 Å². The minimum Gasteiger partial charge on any atom is -0.338 e. The summed E-state index contributed by atoms with van der Waals surface area (Å²) in [6.07, 6.45) is 12.9. The Morgan fingerprint density at radius 3 is 2.37 bits per heavy atom. The van der Waals surface area contributed by atoms with Crippen LogP contribution < -0.4 is 5.32 Å². The van der Waals surface area contributed by atoms with Crippen molar-refractivity contribution in [1.29, 1.82) is 0 Å². The summed E-state index contributed by atoms with van der Waals surface area (Å²) >= 11 is 0. The molecule has 0 spiro atoms. The molecule has 0 radical (unpaired) electrons. The van der Waals surface area contributed by atoms with Gasteiger partial charge in [0.15, 0.2) is 5.82 Å². The highest BCUT2D eigenvalue weighted by Gasteiger charge is 2.24. The van der Waals surface area contributed by atoms with Crippen molar-refractivity contribution in [3.05, 3.63) is 11.7 Å². The molecule has 3 rings (SSSR count). The smallest absolute Gasteiger partial charge is 0.243 e. The second-order valence-corrected chi connectivity index (χ2v) is 6.04. The van der Waals surface area contributed by atoms with E-state index in [9.17, 15) is 0 Å². The van der Waals surface area contributed by atoms with Crippen molar-refractivity contribution in [2.24, 2.45) is 0 Å². The van der Waals surface area contributed by atoms with E-state index in [-0.39, 0.29) is 0 Å². The van der Waals surface area contributed by atoms with Crippen molar-refractivity contribution < 1.29 is 4.52 Å². The van der Waals surface area contributed by atoms with Crippen LogP contribution in [0.25, 0.3) is 0 Å². The van der Waals surface area contributed by atoms with Crippen LogP contribution in [0.1, 0.15) is 87.9 Å². The highest BCUT2D eigenvalue weighted by atomic mass is 16.5. The van der Waals surface area contributed by atoms with Gasteiger partial charge in [0, 0.05) is 5.92 Å². The molecule has 2 heterocycles. The molecule has 1 aliphatic carbocycles. The van der Waals surface area contributed by atoms with E-state index in [0.29, 0.717) is 12.0 Å². The van der Waals surface area contributed by atoms with Crippen LogP contribution in [0.15, 0.2) is 4.52 Å². The fraction of sp³-hybridized carbons (Fsp3) is 0.867. The highest BCUT2D eigenvalue weighted by molar-refractivity contribution is 4.99. The maximum Gasteiger partial charge on any atom is 0.243 e. The number of aromatic nitrogens is 2. The molecule has 1 saturated carbocycles. The quantitative estimate of drug-likeness (QED) is 0.883. The first-order valence-corrected chi connectivity index (χ1v) is 8.00. The third-order valence-corrected chi connectivity index (χ3v) is 4.54. The lowest BCUT2D eigenvalue weighted by molar-refractivity contribution is 0.294. The molecule has 1 aromatic heterocycles. The second-order valence-electron chi connectivity index (χ2n) is 6.04. The van der Waals surface area contributed by atoms with Crippen molar-refractivity contribution in [2.75, 3.05) is 6.54 Å². The Kier molecular flexibility index (Phi) is 4.49. The lowest BCUT2D eigenvalue weighted by atomic mass is 9.91. The fourth-order valence-corrected chi connectivity index (χ4v) is 3.33. The minimum absolute atomic E-state index is 0.295. The van der Waals surface area contributed by atoms with Gasteiger partial charge < -0.3 is 9.84 Å². The van der Waals surface area contributed by atoms with Crippen LogP contribution in [0.5, 0.6) is 0 Å². The van der Waals surface area contributed by atoms with E-state index in [4.69, 9.17) is 4.52 Å². The lowest BCUT2D eigenvalue weighted by Crippen LogP contribution is -2.27. The van der Waals surface area contributed by atoms with Crippen molar-refractivity contribution >= 4 is 0 Å². The molecule has 1 N–H and O–H groups in total. The molecular formula is C15H25N3O. The van der Waals surface area contributed by atoms with Crippen LogP contribution >= 0.6 is 0 Å². The van der Waals surface area contributed by atoms with Crippen LogP contribution in [0.4, 0.5) is 0 Å².